The van der Waals surface area contributed by atoms with Crippen LogP contribution >= 0.6 is 11.3 Å². The first-order valence-electron chi connectivity index (χ1n) is 6.16. The Morgan fingerprint density at radius 1 is 1.47 bits per heavy atom. The lowest BCUT2D eigenvalue weighted by atomic mass is 10.2. The quantitative estimate of drug-likeness (QED) is 0.696. The smallest absolute Gasteiger partial charge is 0.226 e. The molecular weight excluding hydrogens is 234 g/mol. The summed E-state index contributed by atoms with van der Waals surface area (Å²) in [6.45, 7) is 3.39. The van der Waals surface area contributed by atoms with Crippen molar-refractivity contribution >= 4 is 17.2 Å². The van der Waals surface area contributed by atoms with Gasteiger partial charge in [0.2, 0.25) is 5.91 Å². The molecule has 0 aliphatic carbocycles. The molecule has 1 heterocycles. The van der Waals surface area contributed by atoms with Crippen LogP contribution in [-0.4, -0.2) is 17.4 Å². The van der Waals surface area contributed by atoms with Gasteiger partial charge in [0.05, 0.1) is 12.1 Å². The number of nitrogens with zero attached hydrogens (tertiary/aromatic N) is 1. The van der Waals surface area contributed by atoms with Crippen LogP contribution in [0.5, 0.6) is 0 Å². The number of carbonyl (C=O) groups excluding carboxylic acids is 1. The number of hydrogen-bond acceptors (Lipinski definition) is 4. The van der Waals surface area contributed by atoms with Gasteiger partial charge in [0.1, 0.15) is 5.01 Å². The third-order valence-corrected chi connectivity index (χ3v) is 3.39. The molecule has 0 spiro atoms. The summed E-state index contributed by atoms with van der Waals surface area (Å²) in [5.41, 5.74) is 6.29. The van der Waals surface area contributed by atoms with Crippen molar-refractivity contribution in [3.05, 3.63) is 16.1 Å². The molecule has 1 rings (SSSR count). The summed E-state index contributed by atoms with van der Waals surface area (Å²) in [7, 11) is 0. The number of aromatic nitrogens is 1. The van der Waals surface area contributed by atoms with E-state index in [0.29, 0.717) is 13.0 Å². The molecule has 0 radical (unpaired) electrons. The van der Waals surface area contributed by atoms with E-state index in [1.165, 1.54) is 30.6 Å². The van der Waals surface area contributed by atoms with Gasteiger partial charge in [0.25, 0.3) is 0 Å². The molecule has 96 valence electrons. The van der Waals surface area contributed by atoms with Gasteiger partial charge >= 0.3 is 0 Å². The zero-order valence-corrected chi connectivity index (χ0v) is 11.2. The maximum absolute atomic E-state index is 11.6. The lowest BCUT2D eigenvalue weighted by Crippen LogP contribution is -2.26. The zero-order chi connectivity index (χ0) is 12.5. The predicted molar refractivity (Wildman–Crippen MR) is 70.9 cm³/mol. The molecule has 0 aliphatic rings. The number of rotatable bonds is 8. The molecule has 0 unspecified atom stereocenters. The molecule has 0 saturated carbocycles. The number of amides is 1. The van der Waals surface area contributed by atoms with Crippen molar-refractivity contribution in [1.82, 2.24) is 10.3 Å². The van der Waals surface area contributed by atoms with E-state index in [9.17, 15) is 4.79 Å². The molecule has 1 aromatic rings. The van der Waals surface area contributed by atoms with Gasteiger partial charge in [0, 0.05) is 18.5 Å². The summed E-state index contributed by atoms with van der Waals surface area (Å²) in [6, 6.07) is 0. The number of nitrogens with one attached hydrogen (secondary N) is 1. The third-order valence-electron chi connectivity index (χ3n) is 2.47. The van der Waals surface area contributed by atoms with E-state index >= 15 is 0 Å². The molecule has 3 N–H and O–H groups in total. The highest BCUT2D eigenvalue weighted by molar-refractivity contribution is 7.09. The van der Waals surface area contributed by atoms with Crippen LogP contribution < -0.4 is 11.1 Å². The number of thiazole rings is 1. The highest BCUT2D eigenvalue weighted by Gasteiger charge is 2.06. The fourth-order valence-electron chi connectivity index (χ4n) is 1.53. The van der Waals surface area contributed by atoms with Crippen molar-refractivity contribution in [3.63, 3.8) is 0 Å². The summed E-state index contributed by atoms with van der Waals surface area (Å²) in [5.74, 6) is 0.0513. The average Bonchev–Trinajstić information content (AvgIpc) is 2.76. The Labute approximate surface area is 107 Å². The summed E-state index contributed by atoms with van der Waals surface area (Å²) >= 11 is 1.51. The van der Waals surface area contributed by atoms with E-state index in [0.717, 1.165) is 23.7 Å². The molecule has 17 heavy (non-hydrogen) atoms. The van der Waals surface area contributed by atoms with Gasteiger partial charge in [-0.25, -0.2) is 4.98 Å². The molecular formula is C12H21N3OS. The van der Waals surface area contributed by atoms with E-state index < -0.39 is 0 Å². The van der Waals surface area contributed by atoms with Crippen molar-refractivity contribution in [1.29, 1.82) is 0 Å². The number of unbranched alkanes of at least 4 members (excludes halogenated alkanes) is 3. The molecule has 4 nitrogen and oxygen atoms in total. The highest BCUT2D eigenvalue weighted by atomic mass is 32.1. The topological polar surface area (TPSA) is 68.0 Å². The minimum absolute atomic E-state index is 0.0513. The van der Waals surface area contributed by atoms with Crippen LogP contribution in [-0.2, 0) is 17.8 Å². The Balaban J connectivity index is 2.16. The minimum atomic E-state index is 0.0513. The highest BCUT2D eigenvalue weighted by Crippen LogP contribution is 2.09. The average molecular weight is 255 g/mol. The van der Waals surface area contributed by atoms with Crippen molar-refractivity contribution < 1.29 is 4.79 Å². The van der Waals surface area contributed by atoms with E-state index in [2.05, 4.69) is 17.2 Å². The Hall–Kier alpha value is -0.940. The standard InChI is InChI=1S/C12H21N3OS/c1-2-3-4-5-6-14-11(16)7-10-9-17-12(8-13)15-10/h9H,2-8,13H2,1H3,(H,14,16). The monoisotopic (exact) mass is 255 g/mol. The van der Waals surface area contributed by atoms with Gasteiger partial charge in [-0.3, -0.25) is 4.79 Å². The molecule has 0 fully saturated rings. The fourth-order valence-corrected chi connectivity index (χ4v) is 2.20. The minimum Gasteiger partial charge on any atom is -0.356 e. The van der Waals surface area contributed by atoms with Gasteiger partial charge in [-0.2, -0.15) is 0 Å². The van der Waals surface area contributed by atoms with Crippen LogP contribution in [0.25, 0.3) is 0 Å². The van der Waals surface area contributed by atoms with Gasteiger partial charge < -0.3 is 11.1 Å². The Kier molecular flexibility index (Phi) is 6.81. The number of nitrogens with two attached hydrogens (primary N) is 1. The van der Waals surface area contributed by atoms with Gasteiger partial charge in [-0.05, 0) is 6.42 Å². The maximum atomic E-state index is 11.6. The first-order valence-corrected chi connectivity index (χ1v) is 7.04. The van der Waals surface area contributed by atoms with E-state index in [1.807, 2.05) is 5.38 Å². The predicted octanol–water partition coefficient (Wildman–Crippen LogP) is 1.84. The van der Waals surface area contributed by atoms with Gasteiger partial charge in [-0.15, -0.1) is 11.3 Å². The normalized spacial score (nSPS) is 10.5. The number of hydrogen-bond donors (Lipinski definition) is 2. The summed E-state index contributed by atoms with van der Waals surface area (Å²) < 4.78 is 0. The lowest BCUT2D eigenvalue weighted by molar-refractivity contribution is -0.120. The van der Waals surface area contributed by atoms with Crippen LogP contribution in [0.2, 0.25) is 0 Å². The molecule has 0 saturated heterocycles. The van der Waals surface area contributed by atoms with Crippen LogP contribution in [0.3, 0.4) is 0 Å². The van der Waals surface area contributed by atoms with Crippen molar-refractivity contribution in [3.8, 4) is 0 Å². The molecule has 1 aromatic heterocycles. The first-order chi connectivity index (χ1) is 8.26. The van der Waals surface area contributed by atoms with Crippen molar-refractivity contribution in [2.24, 2.45) is 5.73 Å². The third kappa shape index (κ3) is 5.79. The summed E-state index contributed by atoms with van der Waals surface area (Å²) in [6.07, 6.45) is 5.07. The first kappa shape index (κ1) is 14.1. The largest absolute Gasteiger partial charge is 0.356 e. The van der Waals surface area contributed by atoms with Crippen LogP contribution in [0, 0.1) is 0 Å². The maximum Gasteiger partial charge on any atom is 0.226 e. The SMILES string of the molecule is CCCCCCNC(=O)Cc1csc(CN)n1. The molecule has 0 aliphatic heterocycles. The van der Waals surface area contributed by atoms with Crippen molar-refractivity contribution in [2.45, 2.75) is 45.6 Å². The Morgan fingerprint density at radius 2 is 2.29 bits per heavy atom. The molecule has 1 amide bonds. The second kappa shape index (κ2) is 8.20. The van der Waals surface area contributed by atoms with E-state index in [4.69, 9.17) is 5.73 Å². The second-order valence-electron chi connectivity index (χ2n) is 4.02. The fraction of sp³-hybridized carbons (Fsp3) is 0.667. The zero-order valence-electron chi connectivity index (χ0n) is 10.4. The van der Waals surface area contributed by atoms with Crippen LogP contribution in [0.4, 0.5) is 0 Å². The second-order valence-corrected chi connectivity index (χ2v) is 4.97. The molecule has 0 aromatic carbocycles. The summed E-state index contributed by atoms with van der Waals surface area (Å²) in [4.78, 5) is 15.8. The van der Waals surface area contributed by atoms with E-state index in [1.54, 1.807) is 0 Å². The van der Waals surface area contributed by atoms with Crippen LogP contribution in [0.1, 0.15) is 43.3 Å². The Morgan fingerprint density at radius 3 is 2.94 bits per heavy atom. The molecule has 0 bridgehead atoms. The van der Waals surface area contributed by atoms with E-state index in [-0.39, 0.29) is 5.91 Å². The van der Waals surface area contributed by atoms with Gasteiger partial charge in [-0.1, -0.05) is 26.2 Å². The van der Waals surface area contributed by atoms with Gasteiger partial charge in [0.15, 0.2) is 0 Å². The van der Waals surface area contributed by atoms with Crippen LogP contribution in [0.15, 0.2) is 5.38 Å². The summed E-state index contributed by atoms with van der Waals surface area (Å²) in [5, 5.41) is 5.70. The Bertz CT molecular complexity index is 338. The molecule has 5 heteroatoms. The lowest BCUT2D eigenvalue weighted by Gasteiger charge is -2.03. The number of carbonyl (C=O) groups is 1. The van der Waals surface area contributed by atoms with Crippen molar-refractivity contribution in [2.75, 3.05) is 6.54 Å². The molecule has 0 atom stereocenters.